The molecule has 2 rings (SSSR count). The van der Waals surface area contributed by atoms with Crippen LogP contribution in [0.2, 0.25) is 10.0 Å². The van der Waals surface area contributed by atoms with E-state index < -0.39 is 0 Å². The van der Waals surface area contributed by atoms with Crippen molar-refractivity contribution < 1.29 is 0 Å². The molecule has 3 nitrogen and oxygen atoms in total. The van der Waals surface area contributed by atoms with Crippen LogP contribution >= 0.6 is 39.1 Å². The summed E-state index contributed by atoms with van der Waals surface area (Å²) in [5, 5.41) is 5.36. The summed E-state index contributed by atoms with van der Waals surface area (Å²) >= 11 is 15.4. The molecular weight excluding hydrogens is 313 g/mol. The van der Waals surface area contributed by atoms with Crippen molar-refractivity contribution in [1.29, 1.82) is 0 Å². The smallest absolute Gasteiger partial charge is 0.159 e. The van der Waals surface area contributed by atoms with Crippen molar-refractivity contribution in [2.45, 2.75) is 6.54 Å². The highest BCUT2D eigenvalue weighted by Crippen LogP contribution is 2.26. The van der Waals surface area contributed by atoms with Crippen LogP contribution in [0, 0.1) is 0 Å². The van der Waals surface area contributed by atoms with Gasteiger partial charge >= 0.3 is 0 Å². The largest absolute Gasteiger partial charge is 0.381 e. The van der Waals surface area contributed by atoms with Gasteiger partial charge in [-0.1, -0.05) is 29.3 Å². The Morgan fingerprint density at radius 3 is 2.44 bits per heavy atom. The summed E-state index contributed by atoms with van der Waals surface area (Å²) in [6.07, 6.45) is 1.79. The van der Waals surface area contributed by atoms with Crippen molar-refractivity contribution in [1.82, 2.24) is 9.78 Å². The van der Waals surface area contributed by atoms with Crippen LogP contribution in [0.3, 0.4) is 0 Å². The maximum absolute atomic E-state index is 6.06. The molecule has 16 heavy (non-hydrogen) atoms. The fourth-order valence-corrected chi connectivity index (χ4v) is 2.17. The molecular formula is C10H8BrCl2N3. The molecule has 0 amide bonds. The van der Waals surface area contributed by atoms with E-state index in [0.717, 1.165) is 10.0 Å². The summed E-state index contributed by atoms with van der Waals surface area (Å²) in [5.74, 6) is 0.447. The third kappa shape index (κ3) is 2.34. The Kier molecular flexibility index (Phi) is 3.42. The van der Waals surface area contributed by atoms with Crippen molar-refractivity contribution in [2.75, 3.05) is 5.73 Å². The predicted octanol–water partition coefficient (Wildman–Crippen LogP) is 3.58. The Morgan fingerprint density at radius 2 is 1.94 bits per heavy atom. The number of nitrogens with two attached hydrogens (primary N) is 1. The molecule has 0 saturated carbocycles. The van der Waals surface area contributed by atoms with E-state index in [1.54, 1.807) is 23.0 Å². The number of halogens is 3. The van der Waals surface area contributed by atoms with Crippen LogP contribution in [0.5, 0.6) is 0 Å². The lowest BCUT2D eigenvalue weighted by Gasteiger charge is -2.06. The molecule has 0 atom stereocenters. The summed E-state index contributed by atoms with van der Waals surface area (Å²) in [7, 11) is 0. The molecule has 1 aromatic heterocycles. The molecule has 6 heteroatoms. The first-order valence-corrected chi connectivity index (χ1v) is 6.04. The van der Waals surface area contributed by atoms with Crippen LogP contribution in [-0.4, -0.2) is 9.78 Å². The van der Waals surface area contributed by atoms with Crippen LogP contribution in [0.4, 0.5) is 5.82 Å². The molecule has 0 saturated heterocycles. The van der Waals surface area contributed by atoms with E-state index in [4.69, 9.17) is 28.9 Å². The topological polar surface area (TPSA) is 43.8 Å². The molecule has 2 N–H and O–H groups in total. The Labute approximate surface area is 111 Å². The van der Waals surface area contributed by atoms with Crippen LogP contribution in [0.15, 0.2) is 28.9 Å². The highest BCUT2D eigenvalue weighted by Gasteiger charge is 2.08. The molecule has 0 bridgehead atoms. The monoisotopic (exact) mass is 319 g/mol. The van der Waals surface area contributed by atoms with Gasteiger partial charge in [-0.25, -0.2) is 0 Å². The summed E-state index contributed by atoms with van der Waals surface area (Å²) in [6, 6.07) is 5.40. The van der Waals surface area contributed by atoms with Gasteiger partial charge in [0.1, 0.15) is 0 Å². The number of anilines is 1. The van der Waals surface area contributed by atoms with Crippen LogP contribution < -0.4 is 5.73 Å². The fraction of sp³-hybridized carbons (Fsp3) is 0.100. The number of hydrogen-bond donors (Lipinski definition) is 1. The molecule has 2 aromatic rings. The summed E-state index contributed by atoms with van der Waals surface area (Å²) in [5.41, 5.74) is 6.46. The first kappa shape index (κ1) is 11.8. The maximum atomic E-state index is 6.06. The van der Waals surface area contributed by atoms with Crippen molar-refractivity contribution >= 4 is 44.9 Å². The van der Waals surface area contributed by atoms with Gasteiger partial charge < -0.3 is 5.73 Å². The van der Waals surface area contributed by atoms with Crippen LogP contribution in [-0.2, 0) is 6.54 Å². The Bertz CT molecular complexity index is 485. The zero-order valence-electron chi connectivity index (χ0n) is 8.12. The molecule has 1 aromatic carbocycles. The van der Waals surface area contributed by atoms with Gasteiger partial charge in [-0.05, 0) is 28.1 Å². The van der Waals surface area contributed by atoms with E-state index >= 15 is 0 Å². The fourth-order valence-electron chi connectivity index (χ4n) is 1.34. The first-order valence-electron chi connectivity index (χ1n) is 4.49. The van der Waals surface area contributed by atoms with Gasteiger partial charge in [0.25, 0.3) is 0 Å². The van der Waals surface area contributed by atoms with Gasteiger partial charge in [-0.2, -0.15) is 5.10 Å². The maximum Gasteiger partial charge on any atom is 0.159 e. The van der Waals surface area contributed by atoms with E-state index in [1.807, 2.05) is 6.07 Å². The number of rotatable bonds is 2. The van der Waals surface area contributed by atoms with E-state index in [-0.39, 0.29) is 0 Å². The number of nitrogens with zero attached hydrogens (tertiary/aromatic N) is 2. The second kappa shape index (κ2) is 4.65. The van der Waals surface area contributed by atoms with Crippen LogP contribution in [0.1, 0.15) is 5.56 Å². The lowest BCUT2D eigenvalue weighted by Crippen LogP contribution is -2.02. The number of nitrogen functional groups attached to an aromatic ring is 1. The van der Waals surface area contributed by atoms with Crippen LogP contribution in [0.25, 0.3) is 0 Å². The molecule has 1 heterocycles. The van der Waals surface area contributed by atoms with Crippen molar-refractivity contribution in [3.8, 4) is 0 Å². The number of aromatic nitrogens is 2. The second-order valence-corrected chi connectivity index (χ2v) is 4.93. The first-order chi connectivity index (χ1) is 7.58. The van der Waals surface area contributed by atoms with Gasteiger partial charge in [0.2, 0.25) is 0 Å². The molecule has 0 fully saturated rings. The van der Waals surface area contributed by atoms with Crippen molar-refractivity contribution in [3.63, 3.8) is 0 Å². The summed E-state index contributed by atoms with van der Waals surface area (Å²) in [6.45, 7) is 0.494. The normalized spacial score (nSPS) is 10.7. The predicted molar refractivity (Wildman–Crippen MR) is 69.9 cm³/mol. The van der Waals surface area contributed by atoms with Gasteiger partial charge in [-0.15, -0.1) is 0 Å². The third-order valence-corrected chi connectivity index (χ3v) is 3.44. The Hall–Kier alpha value is -0.710. The summed E-state index contributed by atoms with van der Waals surface area (Å²) < 4.78 is 2.45. The zero-order valence-corrected chi connectivity index (χ0v) is 11.2. The van der Waals surface area contributed by atoms with E-state index in [1.165, 1.54) is 0 Å². The summed E-state index contributed by atoms with van der Waals surface area (Å²) in [4.78, 5) is 0. The molecule has 0 aliphatic rings. The van der Waals surface area contributed by atoms with Gasteiger partial charge in [0.15, 0.2) is 5.82 Å². The molecule has 0 spiro atoms. The van der Waals surface area contributed by atoms with Crippen molar-refractivity contribution in [2.24, 2.45) is 0 Å². The highest BCUT2D eigenvalue weighted by molar-refractivity contribution is 9.10. The van der Waals surface area contributed by atoms with Gasteiger partial charge in [-0.3, -0.25) is 4.68 Å². The lowest BCUT2D eigenvalue weighted by molar-refractivity contribution is 0.690. The standard InChI is InChI=1S/C10H8BrCl2N3/c11-7-5-16(15-10(7)14)4-6-8(12)2-1-3-9(6)13/h1-3,5H,4H2,(H2,14,15). The molecule has 84 valence electrons. The molecule has 0 aliphatic carbocycles. The SMILES string of the molecule is Nc1nn(Cc2c(Cl)cccc2Cl)cc1Br. The number of benzene rings is 1. The average Bonchev–Trinajstić information content (AvgIpc) is 2.53. The van der Waals surface area contributed by atoms with Gasteiger partial charge in [0.05, 0.1) is 11.0 Å². The average molecular weight is 321 g/mol. The zero-order chi connectivity index (χ0) is 11.7. The van der Waals surface area contributed by atoms with E-state index in [0.29, 0.717) is 22.4 Å². The molecule has 0 aliphatic heterocycles. The van der Waals surface area contributed by atoms with Crippen molar-refractivity contribution in [3.05, 3.63) is 44.5 Å². The number of hydrogen-bond acceptors (Lipinski definition) is 2. The van der Waals surface area contributed by atoms with E-state index in [2.05, 4.69) is 21.0 Å². The minimum Gasteiger partial charge on any atom is -0.381 e. The second-order valence-electron chi connectivity index (χ2n) is 3.26. The Morgan fingerprint density at radius 1 is 1.31 bits per heavy atom. The molecule has 0 unspecified atom stereocenters. The minimum absolute atomic E-state index is 0.447. The quantitative estimate of drug-likeness (QED) is 0.919. The van der Waals surface area contributed by atoms with Gasteiger partial charge in [0, 0.05) is 21.8 Å². The van der Waals surface area contributed by atoms with E-state index in [9.17, 15) is 0 Å². The highest BCUT2D eigenvalue weighted by atomic mass is 79.9. The Balaban J connectivity index is 2.33. The molecule has 0 radical (unpaired) electrons. The third-order valence-electron chi connectivity index (χ3n) is 2.13. The lowest BCUT2D eigenvalue weighted by atomic mass is 10.2. The minimum atomic E-state index is 0.447.